The van der Waals surface area contributed by atoms with Crippen LogP contribution in [0, 0.1) is 0 Å². The molecule has 0 radical (unpaired) electrons. The summed E-state index contributed by atoms with van der Waals surface area (Å²) < 4.78 is 13.5. The normalized spacial score (nSPS) is 12.9. The van der Waals surface area contributed by atoms with Crippen molar-refractivity contribution in [3.63, 3.8) is 0 Å². The minimum absolute atomic E-state index is 0.212. The fraction of sp³-hybridized carbons (Fsp3) is 0.533. The van der Waals surface area contributed by atoms with E-state index in [1.165, 1.54) is 0 Å². The van der Waals surface area contributed by atoms with Gasteiger partial charge in [0.2, 0.25) is 0 Å². The molecule has 0 N–H and O–H groups in total. The predicted molar refractivity (Wildman–Crippen MR) is 83.7 cm³/mol. The summed E-state index contributed by atoms with van der Waals surface area (Å²) in [7, 11) is -0.0765. The van der Waals surface area contributed by atoms with E-state index in [0.29, 0.717) is 6.61 Å². The number of rotatable bonds is 4. The summed E-state index contributed by atoms with van der Waals surface area (Å²) in [6.07, 6.45) is 3.98. The van der Waals surface area contributed by atoms with Crippen LogP contribution in [-0.2, 0) is 11.0 Å². The van der Waals surface area contributed by atoms with Crippen LogP contribution in [0.4, 0.5) is 0 Å². The number of hydrogen-bond donors (Lipinski definition) is 0. The van der Waals surface area contributed by atoms with Gasteiger partial charge in [-0.25, -0.2) is 4.98 Å². The third-order valence-corrected chi connectivity index (χ3v) is 8.58. The summed E-state index contributed by atoms with van der Waals surface area (Å²) >= 11 is 0. The molecule has 0 atom stereocenters. The SMILES string of the molecule is COc1cccn2cc(CO[Si](C)(C)C(C)(C)C)nc12. The average Bonchev–Trinajstić information content (AvgIpc) is 2.77. The van der Waals surface area contributed by atoms with E-state index in [-0.39, 0.29) is 5.04 Å². The number of fused-ring (bicyclic) bond motifs is 1. The minimum Gasteiger partial charge on any atom is -0.493 e. The van der Waals surface area contributed by atoms with Crippen molar-refractivity contribution in [2.24, 2.45) is 0 Å². The van der Waals surface area contributed by atoms with E-state index in [4.69, 9.17) is 9.16 Å². The third kappa shape index (κ3) is 2.88. The second-order valence-electron chi connectivity index (χ2n) is 6.59. The quantitative estimate of drug-likeness (QED) is 0.803. The molecular weight excluding hydrogens is 268 g/mol. The molecule has 4 nitrogen and oxygen atoms in total. The Morgan fingerprint density at radius 2 is 2.00 bits per heavy atom. The van der Waals surface area contributed by atoms with Crippen molar-refractivity contribution >= 4 is 14.0 Å². The summed E-state index contributed by atoms with van der Waals surface area (Å²) in [5, 5.41) is 0.212. The van der Waals surface area contributed by atoms with E-state index in [9.17, 15) is 0 Å². The zero-order valence-corrected chi connectivity index (χ0v) is 14.2. The number of imidazole rings is 1. The summed E-state index contributed by atoms with van der Waals surface area (Å²) in [5.74, 6) is 0.783. The summed E-state index contributed by atoms with van der Waals surface area (Å²) in [6.45, 7) is 11.8. The molecule has 0 aliphatic heterocycles. The zero-order chi connectivity index (χ0) is 15.0. The van der Waals surface area contributed by atoms with Crippen LogP contribution in [0.3, 0.4) is 0 Å². The van der Waals surface area contributed by atoms with Crippen LogP contribution < -0.4 is 4.74 Å². The van der Waals surface area contributed by atoms with E-state index >= 15 is 0 Å². The molecule has 0 spiro atoms. The standard InChI is InChI=1S/C15H24N2O2Si/c1-15(2,3)20(5,6)19-11-12-10-17-9-7-8-13(18-4)14(17)16-12/h7-10H,11H2,1-6H3. The Morgan fingerprint density at radius 1 is 1.30 bits per heavy atom. The highest BCUT2D eigenvalue weighted by molar-refractivity contribution is 6.74. The van der Waals surface area contributed by atoms with E-state index < -0.39 is 8.32 Å². The maximum Gasteiger partial charge on any atom is 0.192 e. The molecule has 2 aromatic heterocycles. The van der Waals surface area contributed by atoms with Crippen LogP contribution in [0.2, 0.25) is 18.1 Å². The zero-order valence-electron chi connectivity index (χ0n) is 13.2. The Hall–Kier alpha value is -1.33. The highest BCUT2D eigenvalue weighted by atomic mass is 28.4. The Balaban J connectivity index is 2.19. The van der Waals surface area contributed by atoms with Gasteiger partial charge in [0.25, 0.3) is 0 Å². The van der Waals surface area contributed by atoms with Gasteiger partial charge in [0.15, 0.2) is 19.7 Å². The van der Waals surface area contributed by atoms with Gasteiger partial charge in [-0.1, -0.05) is 20.8 Å². The molecule has 2 rings (SSSR count). The molecule has 0 unspecified atom stereocenters. The van der Waals surface area contributed by atoms with Gasteiger partial charge in [0.05, 0.1) is 19.4 Å². The minimum atomic E-state index is -1.74. The molecule has 0 fully saturated rings. The molecule has 2 aromatic rings. The topological polar surface area (TPSA) is 35.8 Å². The summed E-state index contributed by atoms with van der Waals surface area (Å²) in [4.78, 5) is 4.60. The first-order valence-electron chi connectivity index (χ1n) is 6.89. The number of nitrogens with zero attached hydrogens (tertiary/aromatic N) is 2. The van der Waals surface area contributed by atoms with Crippen molar-refractivity contribution < 1.29 is 9.16 Å². The third-order valence-electron chi connectivity index (χ3n) is 4.10. The number of ether oxygens (including phenoxy) is 1. The maximum atomic E-state index is 6.21. The molecule has 0 bridgehead atoms. The maximum absolute atomic E-state index is 6.21. The molecular formula is C15H24N2O2Si. The van der Waals surface area contributed by atoms with Crippen molar-refractivity contribution in [3.05, 3.63) is 30.2 Å². The first-order chi connectivity index (χ1) is 9.24. The number of hydrogen-bond acceptors (Lipinski definition) is 3. The molecule has 0 saturated carbocycles. The predicted octanol–water partition coefficient (Wildman–Crippen LogP) is 3.86. The van der Waals surface area contributed by atoms with Gasteiger partial charge in [-0.2, -0.15) is 0 Å². The molecule has 5 heteroatoms. The molecule has 20 heavy (non-hydrogen) atoms. The fourth-order valence-electron chi connectivity index (χ4n) is 1.74. The van der Waals surface area contributed by atoms with Crippen LogP contribution >= 0.6 is 0 Å². The van der Waals surface area contributed by atoms with Crippen molar-refractivity contribution in [1.82, 2.24) is 9.38 Å². The second-order valence-corrected chi connectivity index (χ2v) is 11.4. The van der Waals surface area contributed by atoms with Gasteiger partial charge in [0.1, 0.15) is 0 Å². The van der Waals surface area contributed by atoms with Gasteiger partial charge in [-0.05, 0) is 30.3 Å². The molecule has 2 heterocycles. The summed E-state index contributed by atoms with van der Waals surface area (Å²) in [6, 6.07) is 3.87. The lowest BCUT2D eigenvalue weighted by atomic mass is 10.2. The molecule has 110 valence electrons. The van der Waals surface area contributed by atoms with Crippen molar-refractivity contribution in [1.29, 1.82) is 0 Å². The largest absolute Gasteiger partial charge is 0.493 e. The Bertz CT molecular complexity index is 599. The van der Waals surface area contributed by atoms with Crippen molar-refractivity contribution in [2.45, 2.75) is 45.5 Å². The molecule has 0 aliphatic rings. The summed E-state index contributed by atoms with van der Waals surface area (Å²) in [5.41, 5.74) is 1.78. The Kier molecular flexibility index (Phi) is 3.93. The van der Waals surface area contributed by atoms with Crippen molar-refractivity contribution in [2.75, 3.05) is 7.11 Å². The highest BCUT2D eigenvalue weighted by Gasteiger charge is 2.37. The smallest absolute Gasteiger partial charge is 0.192 e. The highest BCUT2D eigenvalue weighted by Crippen LogP contribution is 2.37. The Morgan fingerprint density at radius 3 is 2.60 bits per heavy atom. The molecule has 0 amide bonds. The lowest BCUT2D eigenvalue weighted by Crippen LogP contribution is -2.40. The first kappa shape index (κ1) is 15.1. The number of methoxy groups -OCH3 is 1. The van der Waals surface area contributed by atoms with Crippen LogP contribution in [-0.4, -0.2) is 24.8 Å². The first-order valence-corrected chi connectivity index (χ1v) is 9.80. The fourth-order valence-corrected chi connectivity index (χ4v) is 2.68. The van der Waals surface area contributed by atoms with E-state index in [2.05, 4.69) is 38.8 Å². The van der Waals surface area contributed by atoms with Gasteiger partial charge in [-0.15, -0.1) is 0 Å². The van der Waals surface area contributed by atoms with Gasteiger partial charge >= 0.3 is 0 Å². The number of pyridine rings is 1. The molecule has 0 saturated heterocycles. The lowest BCUT2D eigenvalue weighted by molar-refractivity contribution is 0.272. The lowest BCUT2D eigenvalue weighted by Gasteiger charge is -2.35. The van der Waals surface area contributed by atoms with Crippen LogP contribution in [0.15, 0.2) is 24.5 Å². The number of aromatic nitrogens is 2. The van der Waals surface area contributed by atoms with Crippen LogP contribution in [0.25, 0.3) is 5.65 Å². The van der Waals surface area contributed by atoms with Gasteiger partial charge in [-0.3, -0.25) is 0 Å². The Labute approximate surface area is 121 Å². The van der Waals surface area contributed by atoms with Gasteiger partial charge < -0.3 is 13.6 Å². The van der Waals surface area contributed by atoms with Crippen molar-refractivity contribution in [3.8, 4) is 5.75 Å². The van der Waals surface area contributed by atoms with Crippen LogP contribution in [0.1, 0.15) is 26.5 Å². The van der Waals surface area contributed by atoms with E-state index in [1.54, 1.807) is 7.11 Å². The van der Waals surface area contributed by atoms with Crippen LogP contribution in [0.5, 0.6) is 5.75 Å². The second kappa shape index (κ2) is 5.22. The molecule has 0 aliphatic carbocycles. The van der Waals surface area contributed by atoms with E-state index in [1.807, 2.05) is 28.9 Å². The monoisotopic (exact) mass is 292 g/mol. The van der Waals surface area contributed by atoms with Gasteiger partial charge in [0, 0.05) is 12.4 Å². The molecule has 0 aromatic carbocycles. The van der Waals surface area contributed by atoms with E-state index in [0.717, 1.165) is 17.1 Å². The average molecular weight is 292 g/mol.